The zero-order chi connectivity index (χ0) is 22.2. The Hall–Kier alpha value is -3.10. The zero-order valence-corrected chi connectivity index (χ0v) is 19.2. The van der Waals surface area contributed by atoms with Gasteiger partial charge in [-0.05, 0) is 70.7 Å². The number of hydrogen-bond donors (Lipinski definition) is 1. The zero-order valence-electron chi connectivity index (χ0n) is 17.6. The van der Waals surface area contributed by atoms with Crippen molar-refractivity contribution in [2.75, 3.05) is 14.2 Å². The summed E-state index contributed by atoms with van der Waals surface area (Å²) in [5.74, 6) is 4.12. The Morgan fingerprint density at radius 3 is 2.31 bits per heavy atom. The second-order valence-electron chi connectivity index (χ2n) is 7.61. The van der Waals surface area contributed by atoms with Crippen molar-refractivity contribution in [2.45, 2.75) is 25.4 Å². The van der Waals surface area contributed by atoms with E-state index in [9.17, 15) is 5.11 Å². The fourth-order valence-corrected chi connectivity index (χ4v) is 4.15. The Morgan fingerprint density at radius 1 is 0.938 bits per heavy atom. The van der Waals surface area contributed by atoms with Crippen molar-refractivity contribution in [3.63, 3.8) is 0 Å². The Kier molecular flexibility index (Phi) is 5.48. The van der Waals surface area contributed by atoms with E-state index in [0.29, 0.717) is 46.3 Å². The van der Waals surface area contributed by atoms with E-state index in [1.807, 2.05) is 42.5 Å². The van der Waals surface area contributed by atoms with Crippen LogP contribution >= 0.6 is 15.9 Å². The molecule has 1 N–H and O–H groups in total. The summed E-state index contributed by atoms with van der Waals surface area (Å²) in [5.41, 5.74) is 3.08. The van der Waals surface area contributed by atoms with Gasteiger partial charge in [0.2, 0.25) is 11.8 Å². The van der Waals surface area contributed by atoms with E-state index in [1.165, 1.54) is 0 Å². The van der Waals surface area contributed by atoms with E-state index in [2.05, 4.69) is 26.1 Å². The fraction of sp³-hybridized carbons (Fsp3) is 0.250. The van der Waals surface area contributed by atoms with Crippen LogP contribution in [0.2, 0.25) is 0 Å². The van der Waals surface area contributed by atoms with Crippen LogP contribution in [-0.2, 0) is 6.61 Å². The molecule has 32 heavy (non-hydrogen) atoms. The molecule has 2 heterocycles. The van der Waals surface area contributed by atoms with Crippen LogP contribution in [0.15, 0.2) is 55.8 Å². The largest absolute Gasteiger partial charge is 0.495 e. The first-order chi connectivity index (χ1) is 15.6. The number of hydrogen-bond acceptors (Lipinski definition) is 7. The first kappa shape index (κ1) is 20.8. The molecule has 0 spiro atoms. The molecule has 0 saturated heterocycles. The molecule has 4 aromatic rings. The van der Waals surface area contributed by atoms with Gasteiger partial charge in [-0.2, -0.15) is 0 Å². The molecule has 1 fully saturated rings. The van der Waals surface area contributed by atoms with Crippen molar-refractivity contribution in [1.82, 2.24) is 10.2 Å². The second-order valence-corrected chi connectivity index (χ2v) is 8.40. The van der Waals surface area contributed by atoms with Gasteiger partial charge in [0, 0.05) is 22.6 Å². The molecule has 0 bridgehead atoms. The normalized spacial score (nSPS) is 13.4. The number of aliphatic hydroxyl groups is 1. The first-order valence-corrected chi connectivity index (χ1v) is 11.0. The van der Waals surface area contributed by atoms with Crippen LogP contribution < -0.4 is 9.47 Å². The van der Waals surface area contributed by atoms with Crippen molar-refractivity contribution in [3.8, 4) is 45.6 Å². The summed E-state index contributed by atoms with van der Waals surface area (Å²) in [7, 11) is 3.20. The number of ether oxygens (including phenoxy) is 2. The summed E-state index contributed by atoms with van der Waals surface area (Å²) in [5, 5.41) is 18.3. The summed E-state index contributed by atoms with van der Waals surface area (Å²) in [4.78, 5) is 0. The van der Waals surface area contributed by atoms with Crippen LogP contribution in [0.5, 0.6) is 11.5 Å². The van der Waals surface area contributed by atoms with Gasteiger partial charge in [0.25, 0.3) is 0 Å². The van der Waals surface area contributed by atoms with Crippen LogP contribution in [0.1, 0.15) is 30.2 Å². The number of benzene rings is 2. The van der Waals surface area contributed by atoms with Crippen molar-refractivity contribution >= 4 is 15.9 Å². The van der Waals surface area contributed by atoms with Crippen LogP contribution in [0.25, 0.3) is 34.1 Å². The van der Waals surface area contributed by atoms with Gasteiger partial charge in [-0.1, -0.05) is 6.07 Å². The molecule has 0 aliphatic heterocycles. The number of methoxy groups -OCH3 is 2. The average molecular weight is 497 g/mol. The Balaban J connectivity index is 1.48. The van der Waals surface area contributed by atoms with Gasteiger partial charge in [-0.15, -0.1) is 10.2 Å². The molecule has 1 aliphatic rings. The van der Waals surface area contributed by atoms with E-state index in [-0.39, 0.29) is 6.61 Å². The van der Waals surface area contributed by atoms with E-state index in [1.54, 1.807) is 14.2 Å². The fourth-order valence-electron chi connectivity index (χ4n) is 3.59. The van der Waals surface area contributed by atoms with E-state index in [4.69, 9.17) is 18.3 Å². The lowest BCUT2D eigenvalue weighted by Gasteiger charge is -2.10. The molecular weight excluding hydrogens is 476 g/mol. The van der Waals surface area contributed by atoms with Crippen LogP contribution in [0, 0.1) is 0 Å². The third-order valence-electron chi connectivity index (χ3n) is 5.49. The highest BCUT2D eigenvalue weighted by atomic mass is 79.9. The maximum Gasteiger partial charge on any atom is 0.247 e. The Morgan fingerprint density at radius 2 is 1.66 bits per heavy atom. The minimum atomic E-state index is -0.150. The lowest BCUT2D eigenvalue weighted by atomic mass is 10.0. The number of aromatic nitrogens is 2. The van der Waals surface area contributed by atoms with Gasteiger partial charge >= 0.3 is 0 Å². The van der Waals surface area contributed by atoms with Gasteiger partial charge in [-0.25, -0.2) is 0 Å². The third-order valence-corrected chi connectivity index (χ3v) is 6.27. The number of nitrogens with zero attached hydrogens (tertiary/aromatic N) is 2. The van der Waals surface area contributed by atoms with Crippen molar-refractivity contribution in [1.29, 1.82) is 0 Å². The topological polar surface area (TPSA) is 90.8 Å². The Bertz CT molecular complexity index is 1250. The molecule has 8 heteroatoms. The average Bonchev–Trinajstić information content (AvgIpc) is 3.34. The highest BCUT2D eigenvalue weighted by Gasteiger charge is 2.29. The van der Waals surface area contributed by atoms with E-state index >= 15 is 0 Å². The van der Waals surface area contributed by atoms with Crippen molar-refractivity contribution in [2.24, 2.45) is 0 Å². The molecule has 7 nitrogen and oxygen atoms in total. The standard InChI is InChI=1S/C24H21BrN2O5/c1-29-20-10-15(11-21(30-2)22(20)25)18-7-8-19(31-18)17-6-5-14(9-16(17)12-28)24-27-26-23(32-24)13-3-4-13/h5-11,13,28H,3-4,12H2,1-2H3. The summed E-state index contributed by atoms with van der Waals surface area (Å²) >= 11 is 3.48. The minimum absolute atomic E-state index is 0.150. The molecule has 1 saturated carbocycles. The molecule has 0 atom stereocenters. The predicted octanol–water partition coefficient (Wildman–Crippen LogP) is 5.81. The maximum atomic E-state index is 10.00. The minimum Gasteiger partial charge on any atom is -0.495 e. The third kappa shape index (κ3) is 3.80. The predicted molar refractivity (Wildman–Crippen MR) is 122 cm³/mol. The summed E-state index contributed by atoms with van der Waals surface area (Å²) in [6.07, 6.45) is 2.19. The number of furan rings is 1. The SMILES string of the molecule is COc1cc(-c2ccc(-c3ccc(-c4nnc(C5CC5)o4)cc3CO)o2)cc(OC)c1Br. The van der Waals surface area contributed by atoms with Gasteiger partial charge in [0.15, 0.2) is 0 Å². The van der Waals surface area contributed by atoms with Gasteiger partial charge in [0.1, 0.15) is 27.5 Å². The highest BCUT2D eigenvalue weighted by Crippen LogP contribution is 2.42. The highest BCUT2D eigenvalue weighted by molar-refractivity contribution is 9.10. The number of halogens is 1. The van der Waals surface area contributed by atoms with E-state index < -0.39 is 0 Å². The first-order valence-electron chi connectivity index (χ1n) is 10.2. The molecule has 2 aromatic carbocycles. The Labute approximate surface area is 193 Å². The molecule has 5 rings (SSSR count). The molecule has 0 radical (unpaired) electrons. The molecule has 1 aliphatic carbocycles. The summed E-state index contributed by atoms with van der Waals surface area (Å²) < 4.78 is 23.5. The molecule has 0 amide bonds. The van der Waals surface area contributed by atoms with Crippen LogP contribution in [0.3, 0.4) is 0 Å². The van der Waals surface area contributed by atoms with Crippen molar-refractivity contribution < 1.29 is 23.4 Å². The van der Waals surface area contributed by atoms with Crippen LogP contribution in [-0.4, -0.2) is 29.5 Å². The van der Waals surface area contributed by atoms with E-state index in [0.717, 1.165) is 34.0 Å². The monoisotopic (exact) mass is 496 g/mol. The summed E-state index contributed by atoms with van der Waals surface area (Å²) in [6.45, 7) is -0.150. The number of rotatable bonds is 7. The second kappa shape index (κ2) is 8.44. The van der Waals surface area contributed by atoms with Gasteiger partial charge in [-0.3, -0.25) is 0 Å². The quantitative estimate of drug-likeness (QED) is 0.345. The van der Waals surface area contributed by atoms with Crippen LogP contribution in [0.4, 0.5) is 0 Å². The molecule has 2 aromatic heterocycles. The summed E-state index contributed by atoms with van der Waals surface area (Å²) in [6, 6.07) is 13.2. The van der Waals surface area contributed by atoms with Gasteiger partial charge < -0.3 is 23.4 Å². The maximum absolute atomic E-state index is 10.00. The lowest BCUT2D eigenvalue weighted by molar-refractivity contribution is 0.282. The van der Waals surface area contributed by atoms with Crippen molar-refractivity contribution in [3.05, 3.63) is 58.4 Å². The number of aliphatic hydroxyl groups excluding tert-OH is 1. The lowest BCUT2D eigenvalue weighted by Crippen LogP contribution is -1.91. The molecule has 0 unspecified atom stereocenters. The smallest absolute Gasteiger partial charge is 0.247 e. The molecule has 164 valence electrons. The molecular formula is C24H21BrN2O5. The van der Waals surface area contributed by atoms with Gasteiger partial charge in [0.05, 0.1) is 20.8 Å².